The maximum atomic E-state index is 14.7. The normalized spacial score (nSPS) is 18.6. The molecule has 1 aliphatic rings. The molecular formula is C27H28F3N3O3. The number of morpholine rings is 1. The molecule has 3 aromatic rings. The van der Waals surface area contributed by atoms with E-state index in [9.17, 15) is 23.1 Å². The fourth-order valence-corrected chi connectivity index (χ4v) is 4.36. The maximum absolute atomic E-state index is 14.7. The van der Waals surface area contributed by atoms with E-state index in [1.54, 1.807) is 6.07 Å². The lowest BCUT2D eigenvalue weighted by Crippen LogP contribution is -2.48. The van der Waals surface area contributed by atoms with Crippen LogP contribution in [0.25, 0.3) is 0 Å². The zero-order chi connectivity index (χ0) is 25.5. The minimum atomic E-state index is -0.688. The van der Waals surface area contributed by atoms with Crippen molar-refractivity contribution in [2.75, 3.05) is 25.1 Å². The molecule has 0 bridgehead atoms. The van der Waals surface area contributed by atoms with Gasteiger partial charge < -0.3 is 20.5 Å². The van der Waals surface area contributed by atoms with Crippen LogP contribution in [0.15, 0.2) is 60.9 Å². The third-order valence-corrected chi connectivity index (χ3v) is 6.34. The molecule has 1 aromatic heterocycles. The van der Waals surface area contributed by atoms with Crippen LogP contribution in [0.5, 0.6) is 0 Å². The summed E-state index contributed by atoms with van der Waals surface area (Å²) in [4.78, 5) is 16.8. The van der Waals surface area contributed by atoms with Gasteiger partial charge in [0.25, 0.3) is 0 Å². The molecule has 3 N–H and O–H groups in total. The summed E-state index contributed by atoms with van der Waals surface area (Å²) in [6.07, 6.45) is 3.07. The fraction of sp³-hybridized carbons (Fsp3) is 0.333. The van der Waals surface area contributed by atoms with Crippen molar-refractivity contribution in [3.63, 3.8) is 0 Å². The lowest BCUT2D eigenvalue weighted by molar-refractivity contribution is -0.116. The zero-order valence-electron chi connectivity index (χ0n) is 19.6. The van der Waals surface area contributed by atoms with Crippen LogP contribution in [0.1, 0.15) is 35.4 Å². The van der Waals surface area contributed by atoms with Crippen LogP contribution in [-0.4, -0.2) is 47.9 Å². The number of anilines is 1. The van der Waals surface area contributed by atoms with Gasteiger partial charge in [-0.3, -0.25) is 9.78 Å². The number of hydrogen-bond acceptors (Lipinski definition) is 5. The Hall–Kier alpha value is -3.27. The molecule has 2 heterocycles. The largest absolute Gasteiger partial charge is 0.395 e. The number of hydrogen-bond donors (Lipinski definition) is 3. The lowest BCUT2D eigenvalue weighted by atomic mass is 9.88. The smallest absolute Gasteiger partial charge is 0.225 e. The Morgan fingerprint density at radius 1 is 1.14 bits per heavy atom. The van der Waals surface area contributed by atoms with Crippen molar-refractivity contribution >= 4 is 11.6 Å². The SMILES string of the molecule is O=C(C[C@@H](c1ccc(F)cc1)c1ccncc1F)Nc1cccc(F)c1CC[C@@H]1CN[C@H](CO)CO1. The van der Waals surface area contributed by atoms with Gasteiger partial charge in [0.1, 0.15) is 17.5 Å². The van der Waals surface area contributed by atoms with E-state index in [1.165, 1.54) is 48.7 Å². The molecule has 1 amide bonds. The molecule has 1 saturated heterocycles. The van der Waals surface area contributed by atoms with Crippen molar-refractivity contribution in [3.05, 3.63) is 95.1 Å². The number of rotatable bonds is 9. The van der Waals surface area contributed by atoms with Crippen LogP contribution in [0.2, 0.25) is 0 Å². The quantitative estimate of drug-likeness (QED) is 0.416. The Balaban J connectivity index is 1.48. The number of halogens is 3. The highest BCUT2D eigenvalue weighted by Gasteiger charge is 2.24. The summed E-state index contributed by atoms with van der Waals surface area (Å²) in [7, 11) is 0. The van der Waals surface area contributed by atoms with Crippen LogP contribution in [0.3, 0.4) is 0 Å². The first-order valence-electron chi connectivity index (χ1n) is 11.8. The van der Waals surface area contributed by atoms with Gasteiger partial charge in [0.2, 0.25) is 5.91 Å². The number of pyridine rings is 1. The van der Waals surface area contributed by atoms with Crippen molar-refractivity contribution in [1.29, 1.82) is 0 Å². The number of aromatic nitrogens is 1. The minimum absolute atomic E-state index is 0.0154. The van der Waals surface area contributed by atoms with Crippen LogP contribution in [0, 0.1) is 17.5 Å². The van der Waals surface area contributed by atoms with Crippen molar-refractivity contribution in [2.45, 2.75) is 37.3 Å². The number of nitrogens with zero attached hydrogens (tertiary/aromatic N) is 1. The van der Waals surface area contributed by atoms with Crippen LogP contribution < -0.4 is 10.6 Å². The molecule has 2 aromatic carbocycles. The summed E-state index contributed by atoms with van der Waals surface area (Å²) < 4.78 is 48.5. The van der Waals surface area contributed by atoms with Crippen LogP contribution in [-0.2, 0) is 16.0 Å². The second-order valence-corrected chi connectivity index (χ2v) is 8.80. The molecule has 9 heteroatoms. The molecule has 0 spiro atoms. The predicted octanol–water partition coefficient (Wildman–Crippen LogP) is 3.94. The number of carbonyl (C=O) groups is 1. The average molecular weight is 500 g/mol. The summed E-state index contributed by atoms with van der Waals surface area (Å²) in [6.45, 7) is 0.898. The van der Waals surface area contributed by atoms with E-state index in [1.807, 2.05) is 0 Å². The van der Waals surface area contributed by atoms with Crippen molar-refractivity contribution in [1.82, 2.24) is 10.3 Å². The topological polar surface area (TPSA) is 83.5 Å². The van der Waals surface area contributed by atoms with Gasteiger partial charge in [-0.15, -0.1) is 0 Å². The van der Waals surface area contributed by atoms with E-state index in [0.29, 0.717) is 42.8 Å². The van der Waals surface area contributed by atoms with E-state index in [4.69, 9.17) is 4.74 Å². The fourth-order valence-electron chi connectivity index (χ4n) is 4.36. The van der Waals surface area contributed by atoms with E-state index in [0.717, 1.165) is 6.20 Å². The van der Waals surface area contributed by atoms with Crippen molar-refractivity contribution in [2.24, 2.45) is 0 Å². The molecule has 0 unspecified atom stereocenters. The van der Waals surface area contributed by atoms with Crippen LogP contribution >= 0.6 is 0 Å². The Kier molecular flexibility index (Phi) is 8.69. The third-order valence-electron chi connectivity index (χ3n) is 6.34. The second kappa shape index (κ2) is 12.1. The minimum Gasteiger partial charge on any atom is -0.395 e. The predicted molar refractivity (Wildman–Crippen MR) is 129 cm³/mol. The Labute approximate surface area is 207 Å². The standard InChI is InChI=1S/C27H28F3N3O3/c28-18-6-4-17(5-7-18)23(21-10-11-31-14-25(21)30)12-27(35)33-26-3-1-2-24(29)22(26)9-8-20-13-32-19(15-34)16-36-20/h1-7,10-11,14,19-20,23,32,34H,8-9,12-13,15-16H2,(H,33,35)/t19-,20-,23+/m1/s1. The summed E-state index contributed by atoms with van der Waals surface area (Å²) in [5.74, 6) is -2.58. The first-order chi connectivity index (χ1) is 17.4. The van der Waals surface area contributed by atoms with E-state index >= 15 is 0 Å². The molecule has 1 fully saturated rings. The van der Waals surface area contributed by atoms with Gasteiger partial charge >= 0.3 is 0 Å². The number of carbonyl (C=O) groups excluding carboxylic acids is 1. The molecule has 4 rings (SSSR count). The lowest BCUT2D eigenvalue weighted by Gasteiger charge is -2.29. The number of aliphatic hydroxyl groups is 1. The Morgan fingerprint density at radius 3 is 2.64 bits per heavy atom. The van der Waals surface area contributed by atoms with E-state index in [2.05, 4.69) is 15.6 Å². The molecule has 0 aliphatic carbocycles. The molecular weight excluding hydrogens is 471 g/mol. The summed E-state index contributed by atoms with van der Waals surface area (Å²) in [5, 5.41) is 15.2. The van der Waals surface area contributed by atoms with E-state index < -0.39 is 29.3 Å². The van der Waals surface area contributed by atoms with Gasteiger partial charge in [-0.05, 0) is 54.3 Å². The number of aliphatic hydroxyl groups excluding tert-OH is 1. The van der Waals surface area contributed by atoms with Crippen LogP contribution in [0.4, 0.5) is 18.9 Å². The monoisotopic (exact) mass is 499 g/mol. The van der Waals surface area contributed by atoms with E-state index in [-0.39, 0.29) is 30.7 Å². The number of ether oxygens (including phenoxy) is 1. The first-order valence-corrected chi connectivity index (χ1v) is 11.8. The molecule has 6 nitrogen and oxygen atoms in total. The van der Waals surface area contributed by atoms with Gasteiger partial charge in [0, 0.05) is 36.3 Å². The van der Waals surface area contributed by atoms with Crippen molar-refractivity contribution < 1.29 is 27.8 Å². The zero-order valence-corrected chi connectivity index (χ0v) is 19.6. The molecule has 0 radical (unpaired) electrons. The highest BCUT2D eigenvalue weighted by Crippen LogP contribution is 2.31. The van der Waals surface area contributed by atoms with Gasteiger partial charge in [-0.25, -0.2) is 13.2 Å². The summed E-state index contributed by atoms with van der Waals surface area (Å²) in [5.41, 5.74) is 1.52. The summed E-state index contributed by atoms with van der Waals surface area (Å²) >= 11 is 0. The Bertz CT molecular complexity index is 1170. The molecule has 0 saturated carbocycles. The second-order valence-electron chi connectivity index (χ2n) is 8.80. The molecule has 3 atom stereocenters. The molecule has 36 heavy (non-hydrogen) atoms. The highest BCUT2D eigenvalue weighted by molar-refractivity contribution is 5.92. The van der Waals surface area contributed by atoms with Gasteiger partial charge in [-0.1, -0.05) is 18.2 Å². The Morgan fingerprint density at radius 2 is 1.94 bits per heavy atom. The van der Waals surface area contributed by atoms with Gasteiger partial charge in [-0.2, -0.15) is 0 Å². The number of nitrogens with one attached hydrogen (secondary N) is 2. The first kappa shape index (κ1) is 25.8. The van der Waals surface area contributed by atoms with Crippen molar-refractivity contribution in [3.8, 4) is 0 Å². The maximum Gasteiger partial charge on any atom is 0.225 e. The average Bonchev–Trinajstić information content (AvgIpc) is 2.88. The molecule has 190 valence electrons. The van der Waals surface area contributed by atoms with Gasteiger partial charge in [0.15, 0.2) is 0 Å². The number of benzene rings is 2. The third kappa shape index (κ3) is 6.48. The highest BCUT2D eigenvalue weighted by atomic mass is 19.1. The summed E-state index contributed by atoms with van der Waals surface area (Å²) in [6, 6.07) is 11.4. The van der Waals surface area contributed by atoms with Gasteiger partial charge in [0.05, 0.1) is 31.6 Å². The number of amides is 1. The molecule has 1 aliphatic heterocycles.